The summed E-state index contributed by atoms with van der Waals surface area (Å²) in [6.07, 6.45) is 1.58. The quantitative estimate of drug-likeness (QED) is 0.799. The highest BCUT2D eigenvalue weighted by Gasteiger charge is 2.21. The molecule has 2 rings (SSSR count). The lowest BCUT2D eigenvalue weighted by atomic mass is 10.2. The molecule has 0 amide bonds. The Balaban J connectivity index is 2.08. The average Bonchev–Trinajstić information content (AvgIpc) is 3.02. The van der Waals surface area contributed by atoms with Gasteiger partial charge in [0.1, 0.15) is 11.5 Å². The number of benzene rings is 1. The maximum absolute atomic E-state index is 12.4. The molecule has 6 nitrogen and oxygen atoms in total. The molecule has 0 bridgehead atoms. The number of rotatable bonds is 8. The zero-order valence-corrected chi connectivity index (χ0v) is 14.3. The zero-order chi connectivity index (χ0) is 16.9. The fourth-order valence-electron chi connectivity index (χ4n) is 2.17. The maximum Gasteiger partial charge on any atom is 0.240 e. The normalized spacial score (nSPS) is 13.2. The molecule has 7 heteroatoms. The van der Waals surface area contributed by atoms with Crippen LogP contribution in [0.4, 0.5) is 0 Å². The molecule has 2 aromatic rings. The SMILES string of the molecule is CCOc1ccc(S(=O)(=O)NC[C@@H](c2ccco2)N(C)C)cc1. The molecule has 0 radical (unpaired) electrons. The van der Waals surface area contributed by atoms with Crippen molar-refractivity contribution in [1.29, 1.82) is 0 Å². The maximum atomic E-state index is 12.4. The Morgan fingerprint density at radius 3 is 2.43 bits per heavy atom. The van der Waals surface area contributed by atoms with Gasteiger partial charge in [0.05, 0.1) is 23.8 Å². The third kappa shape index (κ3) is 4.57. The predicted molar refractivity (Wildman–Crippen MR) is 87.9 cm³/mol. The van der Waals surface area contributed by atoms with Gasteiger partial charge >= 0.3 is 0 Å². The van der Waals surface area contributed by atoms with E-state index in [1.807, 2.05) is 32.0 Å². The minimum atomic E-state index is -3.59. The van der Waals surface area contributed by atoms with E-state index in [0.29, 0.717) is 18.1 Å². The molecule has 0 aliphatic heterocycles. The Labute approximate surface area is 137 Å². The van der Waals surface area contributed by atoms with E-state index in [0.717, 1.165) is 0 Å². The third-order valence-electron chi connectivity index (χ3n) is 3.41. The van der Waals surface area contributed by atoms with Crippen LogP contribution < -0.4 is 9.46 Å². The number of likely N-dealkylation sites (N-methyl/N-ethyl adjacent to an activating group) is 1. The minimum absolute atomic E-state index is 0.178. The number of nitrogens with one attached hydrogen (secondary N) is 1. The number of furan rings is 1. The van der Waals surface area contributed by atoms with Crippen LogP contribution in [0.25, 0.3) is 0 Å². The summed E-state index contributed by atoms with van der Waals surface area (Å²) < 4.78 is 38.1. The molecule has 0 saturated heterocycles. The van der Waals surface area contributed by atoms with Crippen molar-refractivity contribution in [3.8, 4) is 5.75 Å². The molecule has 0 aliphatic rings. The summed E-state index contributed by atoms with van der Waals surface area (Å²) in [5.41, 5.74) is 0. The first-order valence-corrected chi connectivity index (χ1v) is 8.84. The topological polar surface area (TPSA) is 71.8 Å². The van der Waals surface area contributed by atoms with E-state index in [9.17, 15) is 8.42 Å². The summed E-state index contributed by atoms with van der Waals surface area (Å²) in [5.74, 6) is 1.36. The van der Waals surface area contributed by atoms with Gasteiger partial charge in [-0.2, -0.15) is 0 Å². The molecule has 1 heterocycles. The van der Waals surface area contributed by atoms with Gasteiger partial charge in [0, 0.05) is 6.54 Å². The molecule has 23 heavy (non-hydrogen) atoms. The summed E-state index contributed by atoms with van der Waals surface area (Å²) in [6, 6.07) is 9.79. The van der Waals surface area contributed by atoms with E-state index >= 15 is 0 Å². The largest absolute Gasteiger partial charge is 0.494 e. The molecule has 1 atom stereocenters. The molecule has 0 unspecified atom stereocenters. The Morgan fingerprint density at radius 2 is 1.91 bits per heavy atom. The lowest BCUT2D eigenvalue weighted by Crippen LogP contribution is -2.34. The van der Waals surface area contributed by atoms with Crippen LogP contribution >= 0.6 is 0 Å². The fourth-order valence-corrected chi connectivity index (χ4v) is 3.21. The first-order valence-electron chi connectivity index (χ1n) is 7.36. The lowest BCUT2D eigenvalue weighted by molar-refractivity contribution is 0.259. The van der Waals surface area contributed by atoms with Gasteiger partial charge < -0.3 is 9.15 Å². The monoisotopic (exact) mass is 338 g/mol. The lowest BCUT2D eigenvalue weighted by Gasteiger charge is -2.22. The minimum Gasteiger partial charge on any atom is -0.494 e. The third-order valence-corrected chi connectivity index (χ3v) is 4.85. The second-order valence-electron chi connectivity index (χ2n) is 5.25. The van der Waals surface area contributed by atoms with Gasteiger partial charge in [-0.1, -0.05) is 0 Å². The van der Waals surface area contributed by atoms with Crippen molar-refractivity contribution in [2.45, 2.75) is 17.9 Å². The van der Waals surface area contributed by atoms with Crippen molar-refractivity contribution >= 4 is 10.0 Å². The summed E-state index contributed by atoms with van der Waals surface area (Å²) >= 11 is 0. The summed E-state index contributed by atoms with van der Waals surface area (Å²) in [6.45, 7) is 2.64. The van der Waals surface area contributed by atoms with Crippen molar-refractivity contribution in [2.75, 3.05) is 27.2 Å². The second kappa shape index (κ2) is 7.63. The zero-order valence-electron chi connectivity index (χ0n) is 13.5. The van der Waals surface area contributed by atoms with Gasteiger partial charge in [-0.3, -0.25) is 4.90 Å². The van der Waals surface area contributed by atoms with Crippen molar-refractivity contribution < 1.29 is 17.6 Å². The highest BCUT2D eigenvalue weighted by Crippen LogP contribution is 2.20. The van der Waals surface area contributed by atoms with Gasteiger partial charge in [0.25, 0.3) is 0 Å². The van der Waals surface area contributed by atoms with Gasteiger partial charge in [-0.25, -0.2) is 13.1 Å². The molecule has 1 aromatic heterocycles. The molecule has 1 N–H and O–H groups in total. The van der Waals surface area contributed by atoms with E-state index in [-0.39, 0.29) is 17.5 Å². The van der Waals surface area contributed by atoms with E-state index in [2.05, 4.69) is 4.72 Å². The Hall–Kier alpha value is -1.83. The molecular weight excluding hydrogens is 316 g/mol. The van der Waals surface area contributed by atoms with E-state index in [1.165, 1.54) is 12.1 Å². The van der Waals surface area contributed by atoms with Crippen molar-refractivity contribution in [3.05, 3.63) is 48.4 Å². The van der Waals surface area contributed by atoms with Gasteiger partial charge in [-0.15, -0.1) is 0 Å². The number of ether oxygens (including phenoxy) is 1. The van der Waals surface area contributed by atoms with E-state index < -0.39 is 10.0 Å². The van der Waals surface area contributed by atoms with Crippen LogP contribution in [0.15, 0.2) is 52.0 Å². The molecule has 0 aliphatic carbocycles. The van der Waals surface area contributed by atoms with E-state index in [4.69, 9.17) is 9.15 Å². The summed E-state index contributed by atoms with van der Waals surface area (Å²) in [7, 11) is 0.161. The van der Waals surface area contributed by atoms with Gasteiger partial charge in [0.15, 0.2) is 0 Å². The van der Waals surface area contributed by atoms with Gasteiger partial charge in [0.2, 0.25) is 10.0 Å². The Bertz CT molecular complexity index is 694. The van der Waals surface area contributed by atoms with Crippen LogP contribution in [0.5, 0.6) is 5.75 Å². The number of nitrogens with zero attached hydrogens (tertiary/aromatic N) is 1. The number of sulfonamides is 1. The number of hydrogen-bond donors (Lipinski definition) is 1. The summed E-state index contributed by atoms with van der Waals surface area (Å²) in [5, 5.41) is 0. The van der Waals surface area contributed by atoms with Crippen molar-refractivity contribution in [1.82, 2.24) is 9.62 Å². The predicted octanol–water partition coefficient (Wildman–Crippen LogP) is 2.26. The van der Waals surface area contributed by atoms with Crippen molar-refractivity contribution in [2.24, 2.45) is 0 Å². The average molecular weight is 338 g/mol. The Kier molecular flexibility index (Phi) is 5.81. The van der Waals surface area contributed by atoms with Crippen molar-refractivity contribution in [3.63, 3.8) is 0 Å². The molecule has 0 saturated carbocycles. The van der Waals surface area contributed by atoms with Crippen LogP contribution in [-0.4, -0.2) is 40.6 Å². The smallest absolute Gasteiger partial charge is 0.240 e. The van der Waals surface area contributed by atoms with Crippen LogP contribution in [0.2, 0.25) is 0 Å². The highest BCUT2D eigenvalue weighted by atomic mass is 32.2. The first-order chi connectivity index (χ1) is 10.9. The van der Waals surface area contributed by atoms with Gasteiger partial charge in [-0.05, 0) is 57.4 Å². The second-order valence-corrected chi connectivity index (χ2v) is 7.02. The Morgan fingerprint density at radius 1 is 1.22 bits per heavy atom. The van der Waals surface area contributed by atoms with Crippen LogP contribution in [0.1, 0.15) is 18.7 Å². The molecule has 0 spiro atoms. The molecule has 1 aromatic carbocycles. The highest BCUT2D eigenvalue weighted by molar-refractivity contribution is 7.89. The first kappa shape index (κ1) is 17.5. The summed E-state index contributed by atoms with van der Waals surface area (Å²) in [4.78, 5) is 2.11. The van der Waals surface area contributed by atoms with Crippen LogP contribution in [0.3, 0.4) is 0 Å². The molecule has 0 fully saturated rings. The number of hydrogen-bond acceptors (Lipinski definition) is 5. The standard InChI is InChI=1S/C16H22N2O4S/c1-4-21-13-7-9-14(10-8-13)23(19,20)17-12-15(18(2)3)16-6-5-11-22-16/h5-11,15,17H,4,12H2,1-3H3/t15-/m0/s1. The van der Waals surface area contributed by atoms with Crippen LogP contribution in [-0.2, 0) is 10.0 Å². The molecule has 126 valence electrons. The van der Waals surface area contributed by atoms with Crippen LogP contribution in [0, 0.1) is 0 Å². The fraction of sp³-hybridized carbons (Fsp3) is 0.375. The molecular formula is C16H22N2O4S. The van der Waals surface area contributed by atoms with E-state index in [1.54, 1.807) is 24.5 Å².